The summed E-state index contributed by atoms with van der Waals surface area (Å²) in [6, 6.07) is 10.5. The van der Waals surface area contributed by atoms with Gasteiger partial charge in [-0.05, 0) is 25.5 Å². The molecule has 68 valence electrons. The van der Waals surface area contributed by atoms with Gasteiger partial charge in [0.2, 0.25) is 0 Å². The van der Waals surface area contributed by atoms with Gasteiger partial charge in [-0.1, -0.05) is 36.4 Å². The molecule has 1 nitrogen and oxygen atoms in total. The summed E-state index contributed by atoms with van der Waals surface area (Å²) in [6.45, 7) is 4.08. The van der Waals surface area contributed by atoms with E-state index < -0.39 is 0 Å². The molecule has 0 aliphatic carbocycles. The standard InChI is InChI=1S/C12H15N/c1-3-4-10-13-11(2)12-8-6-5-7-9-12/h3-11H,1-2H3/b4-3+,13-10?. The fourth-order valence-corrected chi connectivity index (χ4v) is 1.08. The van der Waals surface area contributed by atoms with Gasteiger partial charge in [0, 0.05) is 6.21 Å². The molecule has 0 aromatic heterocycles. The van der Waals surface area contributed by atoms with Gasteiger partial charge in [-0.15, -0.1) is 0 Å². The van der Waals surface area contributed by atoms with Crippen LogP contribution < -0.4 is 0 Å². The maximum absolute atomic E-state index is 4.37. The van der Waals surface area contributed by atoms with E-state index in [0.29, 0.717) is 0 Å². The van der Waals surface area contributed by atoms with Crippen molar-refractivity contribution < 1.29 is 0 Å². The van der Waals surface area contributed by atoms with Crippen LogP contribution in [-0.4, -0.2) is 6.21 Å². The van der Waals surface area contributed by atoms with Crippen molar-refractivity contribution in [2.75, 3.05) is 0 Å². The van der Waals surface area contributed by atoms with Crippen molar-refractivity contribution in [3.63, 3.8) is 0 Å². The Kier molecular flexibility index (Phi) is 3.97. The quantitative estimate of drug-likeness (QED) is 0.621. The number of allylic oxidation sites excluding steroid dienone is 2. The summed E-state index contributed by atoms with van der Waals surface area (Å²) in [5, 5.41) is 0. The molecule has 1 aromatic carbocycles. The first-order valence-corrected chi connectivity index (χ1v) is 4.54. The third-order valence-electron chi connectivity index (χ3n) is 1.87. The monoisotopic (exact) mass is 173 g/mol. The molecular formula is C12H15N. The predicted octanol–water partition coefficient (Wildman–Crippen LogP) is 3.39. The minimum absolute atomic E-state index is 0.248. The second-order valence-corrected chi connectivity index (χ2v) is 2.91. The van der Waals surface area contributed by atoms with Crippen molar-refractivity contribution in [1.29, 1.82) is 0 Å². The molecule has 0 aliphatic heterocycles. The molecule has 0 N–H and O–H groups in total. The summed E-state index contributed by atoms with van der Waals surface area (Å²) in [5.41, 5.74) is 1.25. The highest BCUT2D eigenvalue weighted by Crippen LogP contribution is 2.14. The van der Waals surface area contributed by atoms with Gasteiger partial charge in [-0.3, -0.25) is 4.99 Å². The van der Waals surface area contributed by atoms with Crippen LogP contribution in [-0.2, 0) is 0 Å². The van der Waals surface area contributed by atoms with Crippen LogP contribution in [0.1, 0.15) is 25.5 Å². The Morgan fingerprint density at radius 2 is 1.92 bits per heavy atom. The van der Waals surface area contributed by atoms with Gasteiger partial charge >= 0.3 is 0 Å². The number of rotatable bonds is 3. The van der Waals surface area contributed by atoms with Crippen molar-refractivity contribution >= 4 is 6.21 Å². The first kappa shape index (κ1) is 9.72. The first-order valence-electron chi connectivity index (χ1n) is 4.54. The highest BCUT2D eigenvalue weighted by Gasteiger charge is 1.98. The molecule has 0 saturated carbocycles. The van der Waals surface area contributed by atoms with Crippen LogP contribution >= 0.6 is 0 Å². The smallest absolute Gasteiger partial charge is 0.0720 e. The van der Waals surface area contributed by atoms with Crippen LogP contribution in [0.4, 0.5) is 0 Å². The second kappa shape index (κ2) is 5.31. The van der Waals surface area contributed by atoms with Crippen molar-refractivity contribution in [2.24, 2.45) is 4.99 Å². The van der Waals surface area contributed by atoms with Gasteiger partial charge in [0.25, 0.3) is 0 Å². The van der Waals surface area contributed by atoms with E-state index in [2.05, 4.69) is 24.0 Å². The van der Waals surface area contributed by atoms with E-state index in [1.165, 1.54) is 5.56 Å². The summed E-state index contributed by atoms with van der Waals surface area (Å²) < 4.78 is 0. The van der Waals surface area contributed by atoms with Gasteiger partial charge in [0.1, 0.15) is 0 Å². The Labute approximate surface area is 79.8 Å². The zero-order valence-corrected chi connectivity index (χ0v) is 8.14. The number of benzene rings is 1. The molecule has 0 spiro atoms. The maximum atomic E-state index is 4.37. The van der Waals surface area contributed by atoms with Crippen LogP contribution in [0.25, 0.3) is 0 Å². The zero-order chi connectivity index (χ0) is 9.52. The highest BCUT2D eigenvalue weighted by atomic mass is 14.7. The largest absolute Gasteiger partial charge is 0.285 e. The van der Waals surface area contributed by atoms with Crippen LogP contribution in [0.2, 0.25) is 0 Å². The third-order valence-corrected chi connectivity index (χ3v) is 1.87. The van der Waals surface area contributed by atoms with Gasteiger partial charge in [-0.25, -0.2) is 0 Å². The van der Waals surface area contributed by atoms with E-state index in [-0.39, 0.29) is 6.04 Å². The van der Waals surface area contributed by atoms with E-state index in [9.17, 15) is 0 Å². The Balaban J connectivity index is 2.63. The number of aliphatic imine (C=N–C) groups is 1. The molecule has 1 unspecified atom stereocenters. The number of hydrogen-bond donors (Lipinski definition) is 0. The van der Waals surface area contributed by atoms with E-state index in [4.69, 9.17) is 0 Å². The number of hydrogen-bond acceptors (Lipinski definition) is 1. The normalized spacial score (nSPS) is 14.0. The van der Waals surface area contributed by atoms with Gasteiger partial charge in [0.15, 0.2) is 0 Å². The summed E-state index contributed by atoms with van der Waals surface area (Å²) in [5.74, 6) is 0. The van der Waals surface area contributed by atoms with Crippen LogP contribution in [0.15, 0.2) is 47.5 Å². The zero-order valence-electron chi connectivity index (χ0n) is 8.14. The summed E-state index contributed by atoms with van der Waals surface area (Å²) >= 11 is 0. The van der Waals surface area contributed by atoms with Gasteiger partial charge in [0.05, 0.1) is 6.04 Å². The SMILES string of the molecule is C/C=C/C=NC(C)c1ccccc1. The van der Waals surface area contributed by atoms with E-state index in [0.717, 1.165) is 0 Å². The van der Waals surface area contributed by atoms with Crippen molar-refractivity contribution in [3.05, 3.63) is 48.0 Å². The number of nitrogens with zero attached hydrogens (tertiary/aromatic N) is 1. The predicted molar refractivity (Wildman–Crippen MR) is 58.2 cm³/mol. The van der Waals surface area contributed by atoms with E-state index >= 15 is 0 Å². The molecule has 1 heteroatoms. The molecule has 0 heterocycles. The van der Waals surface area contributed by atoms with Crippen LogP contribution in [0.5, 0.6) is 0 Å². The molecule has 0 saturated heterocycles. The fourth-order valence-electron chi connectivity index (χ4n) is 1.08. The molecular weight excluding hydrogens is 158 g/mol. The molecule has 0 amide bonds. The maximum Gasteiger partial charge on any atom is 0.0720 e. The minimum atomic E-state index is 0.248. The molecule has 0 bridgehead atoms. The highest BCUT2D eigenvalue weighted by molar-refractivity contribution is 5.71. The molecule has 1 atom stereocenters. The van der Waals surface area contributed by atoms with Crippen molar-refractivity contribution in [2.45, 2.75) is 19.9 Å². The van der Waals surface area contributed by atoms with Crippen molar-refractivity contribution in [1.82, 2.24) is 0 Å². The average molecular weight is 173 g/mol. The van der Waals surface area contributed by atoms with Gasteiger partial charge in [-0.2, -0.15) is 0 Å². The Hall–Kier alpha value is -1.37. The lowest BCUT2D eigenvalue weighted by molar-refractivity contribution is 0.826. The van der Waals surface area contributed by atoms with E-state index in [1.807, 2.05) is 43.5 Å². The molecule has 1 rings (SSSR count). The van der Waals surface area contributed by atoms with Crippen LogP contribution in [0.3, 0.4) is 0 Å². The van der Waals surface area contributed by atoms with E-state index in [1.54, 1.807) is 0 Å². The third kappa shape index (κ3) is 3.24. The summed E-state index contributed by atoms with van der Waals surface area (Å²) in [4.78, 5) is 4.37. The van der Waals surface area contributed by atoms with Gasteiger partial charge < -0.3 is 0 Å². The first-order chi connectivity index (χ1) is 6.34. The van der Waals surface area contributed by atoms with Crippen molar-refractivity contribution in [3.8, 4) is 0 Å². The Bertz CT molecular complexity index is 285. The fraction of sp³-hybridized carbons (Fsp3) is 0.250. The Morgan fingerprint density at radius 3 is 2.54 bits per heavy atom. The average Bonchev–Trinajstić information content (AvgIpc) is 2.19. The molecule has 13 heavy (non-hydrogen) atoms. The Morgan fingerprint density at radius 1 is 1.23 bits per heavy atom. The van der Waals surface area contributed by atoms with Crippen LogP contribution in [0, 0.1) is 0 Å². The lowest BCUT2D eigenvalue weighted by Crippen LogP contribution is -1.88. The lowest BCUT2D eigenvalue weighted by atomic mass is 10.1. The summed E-state index contributed by atoms with van der Waals surface area (Å²) in [6.07, 6.45) is 5.76. The lowest BCUT2D eigenvalue weighted by Gasteiger charge is -2.04. The molecule has 0 radical (unpaired) electrons. The molecule has 1 aromatic rings. The summed E-state index contributed by atoms with van der Waals surface area (Å²) in [7, 11) is 0. The molecule has 0 aliphatic rings. The second-order valence-electron chi connectivity index (χ2n) is 2.91. The minimum Gasteiger partial charge on any atom is -0.285 e. The topological polar surface area (TPSA) is 12.4 Å². The molecule has 0 fully saturated rings.